The van der Waals surface area contributed by atoms with Gasteiger partial charge in [0.1, 0.15) is 0 Å². The summed E-state index contributed by atoms with van der Waals surface area (Å²) in [6, 6.07) is 17.9. The maximum atomic E-state index is 10.1. The normalized spacial score (nSPS) is 23.6. The van der Waals surface area contributed by atoms with Crippen molar-refractivity contribution in [2.75, 3.05) is 11.7 Å². The molecule has 2 aromatic carbocycles. The van der Waals surface area contributed by atoms with Crippen LogP contribution in [0.25, 0.3) is 0 Å². The van der Waals surface area contributed by atoms with E-state index in [0.717, 1.165) is 30.5 Å². The summed E-state index contributed by atoms with van der Waals surface area (Å²) in [6.45, 7) is 2.28. The highest BCUT2D eigenvalue weighted by atomic mass is 35.5. The highest BCUT2D eigenvalue weighted by Gasteiger charge is 2.43. The van der Waals surface area contributed by atoms with E-state index in [1.54, 1.807) is 0 Å². The van der Waals surface area contributed by atoms with E-state index in [-0.39, 0.29) is 24.7 Å². The van der Waals surface area contributed by atoms with Crippen LogP contribution in [-0.2, 0) is 4.84 Å². The molecule has 1 aliphatic rings. The second-order valence-corrected chi connectivity index (χ2v) is 6.73. The topological polar surface area (TPSA) is 32.7 Å². The SMILES string of the molecule is CCCC[C@H]1ON(c2ccccc2)[C@@H](c2ccc(Cl)cc2)[C@@H]1CO. The molecule has 2 aromatic rings. The quantitative estimate of drug-likeness (QED) is 0.799. The highest BCUT2D eigenvalue weighted by molar-refractivity contribution is 6.30. The number of hydroxylamine groups is 1. The van der Waals surface area contributed by atoms with Crippen LogP contribution in [-0.4, -0.2) is 17.8 Å². The third kappa shape index (κ3) is 3.59. The molecule has 0 aliphatic carbocycles. The first-order valence-corrected chi connectivity index (χ1v) is 8.99. The Morgan fingerprint density at radius 2 is 1.79 bits per heavy atom. The fraction of sp³-hybridized carbons (Fsp3) is 0.400. The van der Waals surface area contributed by atoms with Gasteiger partial charge in [-0.15, -0.1) is 0 Å². The fourth-order valence-corrected chi connectivity index (χ4v) is 3.52. The van der Waals surface area contributed by atoms with E-state index in [9.17, 15) is 5.11 Å². The largest absolute Gasteiger partial charge is 0.396 e. The van der Waals surface area contributed by atoms with Crippen LogP contribution in [0.5, 0.6) is 0 Å². The van der Waals surface area contributed by atoms with Gasteiger partial charge in [0.2, 0.25) is 0 Å². The number of hydrogen-bond donors (Lipinski definition) is 1. The molecule has 0 spiro atoms. The minimum atomic E-state index is -0.0171. The van der Waals surface area contributed by atoms with Gasteiger partial charge in [-0.1, -0.05) is 61.7 Å². The minimum absolute atomic E-state index is 0.0171. The Morgan fingerprint density at radius 1 is 1.08 bits per heavy atom. The molecule has 1 saturated heterocycles. The number of para-hydroxylation sites is 1. The van der Waals surface area contributed by atoms with E-state index in [1.807, 2.05) is 59.7 Å². The summed E-state index contributed by atoms with van der Waals surface area (Å²) >= 11 is 6.04. The molecule has 1 heterocycles. The zero-order chi connectivity index (χ0) is 16.9. The Kier molecular flexibility index (Phi) is 5.77. The van der Waals surface area contributed by atoms with Crippen molar-refractivity contribution in [3.05, 3.63) is 65.2 Å². The second-order valence-electron chi connectivity index (χ2n) is 6.29. The van der Waals surface area contributed by atoms with Gasteiger partial charge in [-0.3, -0.25) is 4.84 Å². The summed E-state index contributed by atoms with van der Waals surface area (Å²) < 4.78 is 0. The third-order valence-electron chi connectivity index (χ3n) is 4.66. The third-order valence-corrected chi connectivity index (χ3v) is 4.91. The van der Waals surface area contributed by atoms with Crippen LogP contribution in [0.2, 0.25) is 5.02 Å². The first-order chi connectivity index (χ1) is 11.7. The van der Waals surface area contributed by atoms with Crippen molar-refractivity contribution in [2.45, 2.75) is 38.3 Å². The average molecular weight is 346 g/mol. The molecule has 0 radical (unpaired) electrons. The number of hydrogen-bond acceptors (Lipinski definition) is 3. The van der Waals surface area contributed by atoms with Crippen molar-refractivity contribution in [1.29, 1.82) is 0 Å². The smallest absolute Gasteiger partial charge is 0.0930 e. The molecule has 0 saturated carbocycles. The van der Waals surface area contributed by atoms with Gasteiger partial charge >= 0.3 is 0 Å². The number of unbranched alkanes of at least 4 members (excludes halogenated alkanes) is 1. The molecule has 0 amide bonds. The number of benzene rings is 2. The number of rotatable bonds is 6. The molecule has 0 bridgehead atoms. The fourth-order valence-electron chi connectivity index (χ4n) is 3.40. The lowest BCUT2D eigenvalue weighted by Crippen LogP contribution is -2.26. The van der Waals surface area contributed by atoms with Crippen LogP contribution in [0.15, 0.2) is 54.6 Å². The van der Waals surface area contributed by atoms with Crippen LogP contribution in [0.4, 0.5) is 5.69 Å². The van der Waals surface area contributed by atoms with Gasteiger partial charge in [0.25, 0.3) is 0 Å². The lowest BCUT2D eigenvalue weighted by atomic mass is 9.88. The predicted octanol–water partition coefficient (Wildman–Crippen LogP) is 5.00. The maximum absolute atomic E-state index is 10.1. The number of aliphatic hydroxyl groups excluding tert-OH is 1. The van der Waals surface area contributed by atoms with Gasteiger partial charge in [0.15, 0.2) is 0 Å². The van der Waals surface area contributed by atoms with Crippen molar-refractivity contribution >= 4 is 17.3 Å². The Bertz CT molecular complexity index is 632. The second kappa shape index (κ2) is 8.02. The standard InChI is InChI=1S/C20H24ClNO2/c1-2-3-9-19-18(14-23)20(15-10-12-16(21)13-11-15)22(24-19)17-7-5-4-6-8-17/h4-8,10-13,18-20,23H,2-3,9,14H2,1H3/t18-,19-,20+/m1/s1. The number of aliphatic hydroxyl groups is 1. The van der Waals surface area contributed by atoms with Crippen LogP contribution in [0, 0.1) is 5.92 Å². The molecule has 4 heteroatoms. The first-order valence-electron chi connectivity index (χ1n) is 8.62. The van der Waals surface area contributed by atoms with Gasteiger partial charge in [0.05, 0.1) is 24.4 Å². The molecule has 1 N–H and O–H groups in total. The Labute approximate surface area is 148 Å². The van der Waals surface area contributed by atoms with Crippen molar-refractivity contribution in [1.82, 2.24) is 0 Å². The zero-order valence-electron chi connectivity index (χ0n) is 13.9. The summed E-state index contributed by atoms with van der Waals surface area (Å²) in [6.07, 6.45) is 3.19. The van der Waals surface area contributed by atoms with Crippen LogP contribution < -0.4 is 5.06 Å². The van der Waals surface area contributed by atoms with Crippen molar-refractivity contribution < 1.29 is 9.94 Å². The Balaban J connectivity index is 1.96. The van der Waals surface area contributed by atoms with E-state index in [4.69, 9.17) is 16.4 Å². The van der Waals surface area contributed by atoms with E-state index >= 15 is 0 Å². The van der Waals surface area contributed by atoms with Crippen LogP contribution in [0.1, 0.15) is 37.8 Å². The van der Waals surface area contributed by atoms with Crippen LogP contribution >= 0.6 is 11.6 Å². The van der Waals surface area contributed by atoms with Gasteiger partial charge < -0.3 is 5.11 Å². The predicted molar refractivity (Wildman–Crippen MR) is 98.1 cm³/mol. The lowest BCUT2D eigenvalue weighted by Gasteiger charge is -2.27. The molecule has 3 rings (SSSR count). The first kappa shape index (κ1) is 17.3. The van der Waals surface area contributed by atoms with E-state index in [0.29, 0.717) is 5.02 Å². The monoisotopic (exact) mass is 345 g/mol. The van der Waals surface area contributed by atoms with E-state index in [1.165, 1.54) is 0 Å². The van der Waals surface area contributed by atoms with Crippen molar-refractivity contribution in [3.63, 3.8) is 0 Å². The number of nitrogens with zero attached hydrogens (tertiary/aromatic N) is 1. The van der Waals surface area contributed by atoms with Crippen LogP contribution in [0.3, 0.4) is 0 Å². The molecule has 0 aromatic heterocycles. The molecular formula is C20H24ClNO2. The maximum Gasteiger partial charge on any atom is 0.0930 e. The number of halogens is 1. The summed E-state index contributed by atoms with van der Waals surface area (Å²) in [5, 5.41) is 12.7. The van der Waals surface area contributed by atoms with Gasteiger partial charge in [-0.25, -0.2) is 5.06 Å². The van der Waals surface area contributed by atoms with Gasteiger partial charge in [-0.05, 0) is 36.2 Å². The minimum Gasteiger partial charge on any atom is -0.396 e. The zero-order valence-corrected chi connectivity index (χ0v) is 14.7. The Morgan fingerprint density at radius 3 is 2.42 bits per heavy atom. The molecule has 24 heavy (non-hydrogen) atoms. The van der Waals surface area contributed by atoms with Gasteiger partial charge in [-0.2, -0.15) is 0 Å². The molecule has 3 atom stereocenters. The lowest BCUT2D eigenvalue weighted by molar-refractivity contribution is 0.0488. The molecule has 3 nitrogen and oxygen atoms in total. The number of anilines is 1. The summed E-state index contributed by atoms with van der Waals surface area (Å²) in [5.74, 6) is 0.0398. The molecule has 0 unspecified atom stereocenters. The van der Waals surface area contributed by atoms with E-state index < -0.39 is 0 Å². The van der Waals surface area contributed by atoms with Crippen molar-refractivity contribution in [2.24, 2.45) is 5.92 Å². The summed E-state index contributed by atoms with van der Waals surface area (Å²) in [5.41, 5.74) is 2.12. The summed E-state index contributed by atoms with van der Waals surface area (Å²) in [7, 11) is 0. The Hall–Kier alpha value is -1.55. The highest BCUT2D eigenvalue weighted by Crippen LogP contribution is 2.43. The van der Waals surface area contributed by atoms with Crippen molar-refractivity contribution in [3.8, 4) is 0 Å². The molecule has 1 aliphatic heterocycles. The van der Waals surface area contributed by atoms with Gasteiger partial charge in [0, 0.05) is 10.9 Å². The molecular weight excluding hydrogens is 322 g/mol. The summed E-state index contributed by atoms with van der Waals surface area (Å²) in [4.78, 5) is 6.29. The molecule has 128 valence electrons. The van der Waals surface area contributed by atoms with E-state index in [2.05, 4.69) is 6.92 Å². The average Bonchev–Trinajstić information content (AvgIpc) is 3.00. The molecule has 1 fully saturated rings.